The molecule has 0 saturated carbocycles. The highest BCUT2D eigenvalue weighted by Crippen LogP contribution is 1.96. The fourth-order valence-corrected chi connectivity index (χ4v) is 1.69. The van der Waals surface area contributed by atoms with Gasteiger partial charge >= 0.3 is 0 Å². The van der Waals surface area contributed by atoms with Crippen LogP contribution in [0.1, 0.15) is 17.2 Å². The van der Waals surface area contributed by atoms with Crippen LogP contribution < -0.4 is 5.43 Å². The van der Waals surface area contributed by atoms with Gasteiger partial charge in [0.15, 0.2) is 0 Å². The number of nitrogens with zero attached hydrogens (tertiary/aromatic N) is 4. The number of rotatable bonds is 2. The van der Waals surface area contributed by atoms with Crippen molar-refractivity contribution in [1.82, 2.24) is 20.2 Å². The Morgan fingerprint density at radius 3 is 2.67 bits per heavy atom. The van der Waals surface area contributed by atoms with Crippen molar-refractivity contribution in [1.29, 1.82) is 0 Å². The van der Waals surface area contributed by atoms with Crippen molar-refractivity contribution >= 4 is 23.5 Å². The average Bonchev–Trinajstić information content (AvgIpc) is 2.70. The van der Waals surface area contributed by atoms with Gasteiger partial charge in [0.25, 0.3) is 0 Å². The minimum atomic E-state index is 0.403. The van der Waals surface area contributed by atoms with Gasteiger partial charge in [-0.25, -0.2) is 4.98 Å². The van der Waals surface area contributed by atoms with E-state index >= 15 is 0 Å². The molecule has 0 amide bonds. The number of hydrogen-bond acceptors (Lipinski definition) is 4. The second-order valence-electron chi connectivity index (χ2n) is 3.70. The van der Waals surface area contributed by atoms with Crippen LogP contribution >= 0.6 is 12.2 Å². The van der Waals surface area contributed by atoms with Gasteiger partial charge in [-0.05, 0) is 31.6 Å². The maximum Gasteiger partial charge on any atom is 0.216 e. The predicted molar refractivity (Wildman–Crippen MR) is 74.7 cm³/mol. The molecule has 0 spiro atoms. The van der Waals surface area contributed by atoms with Crippen LogP contribution in [0.2, 0.25) is 0 Å². The van der Waals surface area contributed by atoms with Crippen molar-refractivity contribution in [2.75, 3.05) is 0 Å². The smallest absolute Gasteiger partial charge is 0.216 e. The molecule has 1 aromatic heterocycles. The van der Waals surface area contributed by atoms with Crippen molar-refractivity contribution in [3.8, 4) is 0 Å². The largest absolute Gasteiger partial charge is 0.252 e. The van der Waals surface area contributed by atoms with Gasteiger partial charge in [-0.1, -0.05) is 30.3 Å². The zero-order valence-electron chi connectivity index (χ0n) is 10.2. The molecule has 5 nitrogen and oxygen atoms in total. The minimum Gasteiger partial charge on any atom is -0.252 e. The van der Waals surface area contributed by atoms with E-state index in [1.807, 2.05) is 44.2 Å². The van der Waals surface area contributed by atoms with Crippen molar-refractivity contribution in [2.45, 2.75) is 13.8 Å². The van der Waals surface area contributed by atoms with Crippen LogP contribution in [0.15, 0.2) is 35.4 Å². The molecule has 6 heteroatoms. The fraction of sp³-hybridized carbons (Fsp3) is 0.167. The molecule has 0 bridgehead atoms. The summed E-state index contributed by atoms with van der Waals surface area (Å²) in [6.45, 7) is 3.66. The standard InChI is InChI=1S/C12H13N5S/c1-9-14-10(2)17(16-9)12(18)15-13-8-11-6-4-3-5-7-11/h3-8H,1-2H3,(H,15,18)/b13-8+. The first-order valence-corrected chi connectivity index (χ1v) is 5.86. The first-order chi connectivity index (χ1) is 8.66. The van der Waals surface area contributed by atoms with Crippen LogP contribution in [0.4, 0.5) is 0 Å². The van der Waals surface area contributed by atoms with E-state index in [-0.39, 0.29) is 0 Å². The number of nitrogens with one attached hydrogen (secondary N) is 1. The Morgan fingerprint density at radius 2 is 2.06 bits per heavy atom. The van der Waals surface area contributed by atoms with E-state index in [0.29, 0.717) is 10.9 Å². The molecule has 18 heavy (non-hydrogen) atoms. The summed E-state index contributed by atoms with van der Waals surface area (Å²) in [4.78, 5) is 4.17. The fourth-order valence-electron chi connectivity index (χ4n) is 1.46. The molecule has 0 aliphatic rings. The van der Waals surface area contributed by atoms with Gasteiger partial charge in [0.2, 0.25) is 5.11 Å². The summed E-state index contributed by atoms with van der Waals surface area (Å²) >= 11 is 5.17. The third-order valence-electron chi connectivity index (χ3n) is 2.24. The molecule has 0 atom stereocenters. The minimum absolute atomic E-state index is 0.403. The summed E-state index contributed by atoms with van der Waals surface area (Å²) in [5.74, 6) is 1.42. The topological polar surface area (TPSA) is 55.1 Å². The summed E-state index contributed by atoms with van der Waals surface area (Å²) in [5.41, 5.74) is 3.76. The Morgan fingerprint density at radius 1 is 1.33 bits per heavy atom. The molecular formula is C12H13N5S. The third-order valence-corrected chi connectivity index (χ3v) is 2.50. The van der Waals surface area contributed by atoms with E-state index in [1.54, 1.807) is 10.9 Å². The van der Waals surface area contributed by atoms with Crippen molar-refractivity contribution < 1.29 is 0 Å². The second-order valence-corrected chi connectivity index (χ2v) is 4.09. The number of thiocarbonyl (C=S) groups is 1. The van der Waals surface area contributed by atoms with Crippen molar-refractivity contribution in [2.24, 2.45) is 5.10 Å². The van der Waals surface area contributed by atoms with Gasteiger partial charge in [0, 0.05) is 0 Å². The highest BCUT2D eigenvalue weighted by molar-refractivity contribution is 7.80. The highest BCUT2D eigenvalue weighted by atomic mass is 32.1. The number of aryl methyl sites for hydroxylation is 2. The van der Waals surface area contributed by atoms with Gasteiger partial charge in [-0.15, -0.1) is 5.10 Å². The highest BCUT2D eigenvalue weighted by Gasteiger charge is 2.05. The first kappa shape index (κ1) is 12.4. The van der Waals surface area contributed by atoms with Gasteiger partial charge < -0.3 is 0 Å². The van der Waals surface area contributed by atoms with Crippen LogP contribution in [-0.4, -0.2) is 26.1 Å². The molecule has 0 aliphatic heterocycles. The van der Waals surface area contributed by atoms with Gasteiger partial charge in [-0.2, -0.15) is 9.78 Å². The first-order valence-electron chi connectivity index (χ1n) is 5.45. The Hall–Kier alpha value is -2.08. The number of hydrogen-bond donors (Lipinski definition) is 1. The Kier molecular flexibility index (Phi) is 3.78. The summed E-state index contributed by atoms with van der Waals surface area (Å²) in [5, 5.41) is 8.63. The normalized spacial score (nSPS) is 10.8. The quantitative estimate of drug-likeness (QED) is 0.506. The van der Waals surface area contributed by atoms with E-state index in [9.17, 15) is 0 Å². The molecule has 2 rings (SSSR count). The van der Waals surface area contributed by atoms with Crippen LogP contribution in [0.25, 0.3) is 0 Å². The molecule has 0 fully saturated rings. The molecule has 2 aromatic rings. The lowest BCUT2D eigenvalue weighted by atomic mass is 10.2. The number of benzene rings is 1. The molecule has 0 unspecified atom stereocenters. The predicted octanol–water partition coefficient (Wildman–Crippen LogP) is 1.65. The number of aromatic nitrogens is 3. The van der Waals surface area contributed by atoms with E-state index < -0.39 is 0 Å². The lowest BCUT2D eigenvalue weighted by Crippen LogP contribution is -2.26. The molecular weight excluding hydrogens is 246 g/mol. The SMILES string of the molecule is Cc1nc(C)n(C(=S)N/N=C/c2ccccc2)n1. The number of hydrazone groups is 1. The zero-order chi connectivity index (χ0) is 13.0. The summed E-state index contributed by atoms with van der Waals surface area (Å²) in [6, 6.07) is 9.77. The second kappa shape index (κ2) is 5.50. The van der Waals surface area contributed by atoms with E-state index in [2.05, 4.69) is 20.6 Å². The van der Waals surface area contributed by atoms with Crippen molar-refractivity contribution in [3.05, 3.63) is 47.5 Å². The van der Waals surface area contributed by atoms with Crippen molar-refractivity contribution in [3.63, 3.8) is 0 Å². The van der Waals surface area contributed by atoms with Gasteiger partial charge in [-0.3, -0.25) is 5.43 Å². The lowest BCUT2D eigenvalue weighted by molar-refractivity contribution is 0.838. The average molecular weight is 259 g/mol. The Bertz CT molecular complexity index is 573. The van der Waals surface area contributed by atoms with Crippen LogP contribution in [0.3, 0.4) is 0 Å². The van der Waals surface area contributed by atoms with E-state index in [4.69, 9.17) is 12.2 Å². The lowest BCUT2D eigenvalue weighted by Gasteiger charge is -2.02. The molecule has 0 saturated heterocycles. The maximum absolute atomic E-state index is 5.17. The van der Waals surface area contributed by atoms with Gasteiger partial charge in [0.1, 0.15) is 11.6 Å². The van der Waals surface area contributed by atoms with E-state index in [1.165, 1.54) is 0 Å². The van der Waals surface area contributed by atoms with Crippen LogP contribution in [0.5, 0.6) is 0 Å². The summed E-state index contributed by atoms with van der Waals surface area (Å²) in [6.07, 6.45) is 1.70. The maximum atomic E-state index is 5.17. The summed E-state index contributed by atoms with van der Waals surface area (Å²) in [7, 11) is 0. The third kappa shape index (κ3) is 2.98. The molecule has 1 aromatic carbocycles. The molecule has 0 radical (unpaired) electrons. The zero-order valence-corrected chi connectivity index (χ0v) is 11.0. The van der Waals surface area contributed by atoms with Crippen LogP contribution in [-0.2, 0) is 0 Å². The molecule has 92 valence electrons. The van der Waals surface area contributed by atoms with Crippen LogP contribution in [0, 0.1) is 13.8 Å². The van der Waals surface area contributed by atoms with Gasteiger partial charge in [0.05, 0.1) is 6.21 Å². The molecule has 1 heterocycles. The Labute approximate surface area is 111 Å². The monoisotopic (exact) mass is 259 g/mol. The Balaban J connectivity index is 2.01. The summed E-state index contributed by atoms with van der Waals surface area (Å²) < 4.78 is 1.55. The molecule has 0 aliphatic carbocycles. The molecule has 1 N–H and O–H groups in total. The van der Waals surface area contributed by atoms with E-state index in [0.717, 1.165) is 11.4 Å².